The van der Waals surface area contributed by atoms with Crippen molar-refractivity contribution in [2.24, 2.45) is 5.11 Å². The summed E-state index contributed by atoms with van der Waals surface area (Å²) >= 11 is 0. The zero-order valence-electron chi connectivity index (χ0n) is 15.5. The van der Waals surface area contributed by atoms with Crippen molar-refractivity contribution >= 4 is 17.8 Å². The second-order valence-electron chi connectivity index (χ2n) is 6.85. The van der Waals surface area contributed by atoms with Gasteiger partial charge in [-0.1, -0.05) is 30.3 Å². The highest BCUT2D eigenvalue weighted by atomic mass is 16.6. The predicted octanol–water partition coefficient (Wildman–Crippen LogP) is 3.00. The number of alkyl carbamates (subject to hydrolysis) is 1. The minimum atomic E-state index is -1.93. The van der Waals surface area contributed by atoms with Crippen molar-refractivity contribution in [1.82, 2.24) is 5.32 Å². The molecule has 0 aliphatic heterocycles. The molecule has 1 aromatic rings. The van der Waals surface area contributed by atoms with Crippen LogP contribution in [-0.4, -0.2) is 35.5 Å². The van der Waals surface area contributed by atoms with Gasteiger partial charge < -0.3 is 14.8 Å². The highest BCUT2D eigenvalue weighted by Gasteiger charge is 2.43. The zero-order valence-corrected chi connectivity index (χ0v) is 15.5. The van der Waals surface area contributed by atoms with Gasteiger partial charge in [-0.25, -0.2) is 15.1 Å². The molecule has 0 fully saturated rings. The van der Waals surface area contributed by atoms with Crippen molar-refractivity contribution in [3.8, 4) is 0 Å². The molecule has 8 nitrogen and oxygen atoms in total. The molecule has 0 heterocycles. The SMILES string of the molecule is CC(C)(C)OC(=O)C(C)(N=N)C(=O)CCNC(=O)OCc1ccccc1. The van der Waals surface area contributed by atoms with E-state index in [-0.39, 0.29) is 19.6 Å². The van der Waals surface area contributed by atoms with Crippen LogP contribution in [0.15, 0.2) is 35.4 Å². The quantitative estimate of drug-likeness (QED) is 0.418. The molecule has 1 unspecified atom stereocenters. The number of ether oxygens (including phenoxy) is 2. The Hall–Kier alpha value is -2.77. The third kappa shape index (κ3) is 6.62. The Morgan fingerprint density at radius 3 is 2.27 bits per heavy atom. The molecule has 0 saturated heterocycles. The van der Waals surface area contributed by atoms with E-state index in [0.717, 1.165) is 5.56 Å². The summed E-state index contributed by atoms with van der Waals surface area (Å²) in [5, 5.41) is 5.59. The average Bonchev–Trinajstić information content (AvgIpc) is 2.58. The van der Waals surface area contributed by atoms with E-state index in [0.29, 0.717) is 0 Å². The van der Waals surface area contributed by atoms with Gasteiger partial charge in [0.2, 0.25) is 5.54 Å². The summed E-state index contributed by atoms with van der Waals surface area (Å²) < 4.78 is 10.2. The lowest BCUT2D eigenvalue weighted by atomic mass is 9.95. The Kier molecular flexibility index (Phi) is 7.42. The van der Waals surface area contributed by atoms with E-state index in [1.165, 1.54) is 6.92 Å². The molecule has 1 aromatic carbocycles. The first-order chi connectivity index (χ1) is 12.1. The number of hydrogen-bond acceptors (Lipinski definition) is 7. The summed E-state index contributed by atoms with van der Waals surface area (Å²) in [7, 11) is 0. The Labute approximate surface area is 152 Å². The highest BCUT2D eigenvalue weighted by molar-refractivity contribution is 6.08. The molecule has 0 aliphatic rings. The maximum Gasteiger partial charge on any atom is 0.407 e. The van der Waals surface area contributed by atoms with Crippen molar-refractivity contribution in [2.45, 2.75) is 51.9 Å². The van der Waals surface area contributed by atoms with Gasteiger partial charge in [0.15, 0.2) is 5.78 Å². The molecule has 0 spiro atoms. The number of carbonyl (C=O) groups excluding carboxylic acids is 3. The van der Waals surface area contributed by atoms with Gasteiger partial charge in [-0.05, 0) is 33.3 Å². The van der Waals surface area contributed by atoms with Gasteiger partial charge in [0.1, 0.15) is 12.2 Å². The Morgan fingerprint density at radius 1 is 1.12 bits per heavy atom. The number of carbonyl (C=O) groups is 3. The van der Waals surface area contributed by atoms with E-state index in [1.54, 1.807) is 20.8 Å². The van der Waals surface area contributed by atoms with Crippen LogP contribution in [0.25, 0.3) is 0 Å². The van der Waals surface area contributed by atoms with Gasteiger partial charge in [0, 0.05) is 13.0 Å². The lowest BCUT2D eigenvalue weighted by Gasteiger charge is -2.26. The van der Waals surface area contributed by atoms with Gasteiger partial charge in [-0.2, -0.15) is 5.11 Å². The fourth-order valence-corrected chi connectivity index (χ4v) is 1.89. The number of benzene rings is 1. The third-order valence-corrected chi connectivity index (χ3v) is 3.40. The summed E-state index contributed by atoms with van der Waals surface area (Å²) in [5.41, 5.74) is 5.30. The molecule has 8 heteroatoms. The standard InChI is InChI=1S/C18H25N3O5/c1-17(2,3)26-15(23)18(4,21-19)14(22)10-11-20-16(24)25-12-13-8-6-5-7-9-13/h5-9,19H,10-12H2,1-4H3,(H,20,24). The van der Waals surface area contributed by atoms with Crippen LogP contribution >= 0.6 is 0 Å². The second-order valence-corrected chi connectivity index (χ2v) is 6.85. The number of rotatable bonds is 8. The summed E-state index contributed by atoms with van der Waals surface area (Å²) in [5.74, 6) is -1.51. The number of nitrogens with one attached hydrogen (secondary N) is 2. The van der Waals surface area contributed by atoms with Crippen LogP contribution in [0.2, 0.25) is 0 Å². The maximum atomic E-state index is 12.3. The molecule has 0 aromatic heterocycles. The number of nitrogens with zero attached hydrogens (tertiary/aromatic N) is 1. The minimum absolute atomic E-state index is 0.0413. The van der Waals surface area contributed by atoms with Crippen LogP contribution in [0.3, 0.4) is 0 Å². The number of ketones is 1. The Bertz CT molecular complexity index is 655. The number of amides is 1. The van der Waals surface area contributed by atoms with Gasteiger partial charge in [-0.3, -0.25) is 4.79 Å². The highest BCUT2D eigenvalue weighted by Crippen LogP contribution is 2.20. The summed E-state index contributed by atoms with van der Waals surface area (Å²) in [6.45, 7) is 6.26. The Balaban J connectivity index is 2.47. The van der Waals surface area contributed by atoms with Crippen LogP contribution in [0.1, 0.15) is 39.7 Å². The van der Waals surface area contributed by atoms with E-state index in [9.17, 15) is 14.4 Å². The van der Waals surface area contributed by atoms with E-state index in [1.807, 2.05) is 30.3 Å². The van der Waals surface area contributed by atoms with Crippen LogP contribution in [0.5, 0.6) is 0 Å². The first-order valence-corrected chi connectivity index (χ1v) is 8.18. The van der Waals surface area contributed by atoms with Crippen molar-refractivity contribution < 1.29 is 23.9 Å². The Morgan fingerprint density at radius 2 is 1.73 bits per heavy atom. The van der Waals surface area contributed by atoms with Crippen LogP contribution < -0.4 is 5.32 Å². The largest absolute Gasteiger partial charge is 0.458 e. The molecular weight excluding hydrogens is 338 g/mol. The van der Waals surface area contributed by atoms with E-state index >= 15 is 0 Å². The smallest absolute Gasteiger partial charge is 0.407 e. The number of hydrogen-bond donors (Lipinski definition) is 2. The molecule has 1 atom stereocenters. The van der Waals surface area contributed by atoms with Crippen molar-refractivity contribution in [3.63, 3.8) is 0 Å². The molecule has 1 amide bonds. The lowest BCUT2D eigenvalue weighted by molar-refractivity contribution is -0.163. The predicted molar refractivity (Wildman–Crippen MR) is 93.7 cm³/mol. The fourth-order valence-electron chi connectivity index (χ4n) is 1.89. The van der Waals surface area contributed by atoms with Gasteiger partial charge >= 0.3 is 12.1 Å². The zero-order chi connectivity index (χ0) is 19.8. The molecule has 0 radical (unpaired) electrons. The van der Waals surface area contributed by atoms with Gasteiger partial charge in [-0.15, -0.1) is 0 Å². The molecule has 26 heavy (non-hydrogen) atoms. The van der Waals surface area contributed by atoms with Crippen LogP contribution in [-0.2, 0) is 25.7 Å². The normalized spacial score (nSPS) is 13.2. The average molecular weight is 363 g/mol. The molecule has 0 bridgehead atoms. The van der Waals surface area contributed by atoms with Crippen molar-refractivity contribution in [2.75, 3.05) is 6.54 Å². The second kappa shape index (κ2) is 9.07. The fraction of sp³-hybridized carbons (Fsp3) is 0.500. The summed E-state index contributed by atoms with van der Waals surface area (Å²) in [6, 6.07) is 9.15. The minimum Gasteiger partial charge on any atom is -0.458 e. The lowest BCUT2D eigenvalue weighted by Crippen LogP contribution is -2.46. The molecule has 142 valence electrons. The van der Waals surface area contributed by atoms with Crippen LogP contribution in [0, 0.1) is 5.53 Å². The van der Waals surface area contributed by atoms with Crippen molar-refractivity contribution in [3.05, 3.63) is 35.9 Å². The molecule has 1 rings (SSSR count). The first kappa shape index (κ1) is 21.3. The molecular formula is C18H25N3O5. The molecule has 0 saturated carbocycles. The molecule has 2 N–H and O–H groups in total. The van der Waals surface area contributed by atoms with Gasteiger partial charge in [0.05, 0.1) is 0 Å². The number of esters is 1. The van der Waals surface area contributed by atoms with E-state index in [4.69, 9.17) is 15.0 Å². The summed E-state index contributed by atoms with van der Waals surface area (Å²) in [4.78, 5) is 36.1. The van der Waals surface area contributed by atoms with Crippen LogP contribution in [0.4, 0.5) is 4.79 Å². The number of Topliss-reactive ketones (excluding diaryl/α,β-unsaturated/α-hetero) is 1. The third-order valence-electron chi connectivity index (χ3n) is 3.40. The van der Waals surface area contributed by atoms with E-state index in [2.05, 4.69) is 10.4 Å². The van der Waals surface area contributed by atoms with E-state index < -0.39 is 29.0 Å². The summed E-state index contributed by atoms with van der Waals surface area (Å²) in [6.07, 6.45) is -0.859. The monoisotopic (exact) mass is 363 g/mol. The van der Waals surface area contributed by atoms with Crippen molar-refractivity contribution in [1.29, 1.82) is 5.53 Å². The molecule has 0 aliphatic carbocycles. The van der Waals surface area contributed by atoms with Gasteiger partial charge in [0.25, 0.3) is 0 Å². The maximum absolute atomic E-state index is 12.3. The first-order valence-electron chi connectivity index (χ1n) is 8.18. The topological polar surface area (TPSA) is 118 Å².